The Morgan fingerprint density at radius 3 is 2.50 bits per heavy atom. The van der Waals surface area contributed by atoms with Crippen LogP contribution in [-0.2, 0) is 7.05 Å². The van der Waals surface area contributed by atoms with Crippen molar-refractivity contribution in [3.05, 3.63) is 11.3 Å². The number of carbonyl (C=O) groups excluding carboxylic acids is 1. The van der Waals surface area contributed by atoms with Crippen LogP contribution < -0.4 is 4.74 Å². The zero-order chi connectivity index (χ0) is 9.30. The highest BCUT2D eigenvalue weighted by Crippen LogP contribution is 2.20. The summed E-state index contributed by atoms with van der Waals surface area (Å²) < 4.78 is 6.20. The number of halogens is 1. The highest BCUT2D eigenvalue weighted by Gasteiger charge is 2.12. The summed E-state index contributed by atoms with van der Waals surface area (Å²) in [6.45, 7) is 3.65. The van der Waals surface area contributed by atoms with Gasteiger partial charge in [-0.1, -0.05) is 0 Å². The average Bonchev–Trinajstić information content (AvgIpc) is 2.16. The molecule has 0 saturated carbocycles. The van der Waals surface area contributed by atoms with Gasteiger partial charge in [-0.05, 0) is 13.8 Å². The number of aromatic nitrogens is 2. The van der Waals surface area contributed by atoms with Crippen molar-refractivity contribution < 1.29 is 9.53 Å². The van der Waals surface area contributed by atoms with E-state index in [-0.39, 0.29) is 0 Å². The Labute approximate surface area is 75.1 Å². The van der Waals surface area contributed by atoms with Crippen molar-refractivity contribution in [3.8, 4) is 5.88 Å². The molecule has 66 valence electrons. The van der Waals surface area contributed by atoms with E-state index in [9.17, 15) is 4.79 Å². The fraction of sp³-hybridized carbons (Fsp3) is 0.429. The molecule has 0 N–H and O–H groups in total. The van der Waals surface area contributed by atoms with E-state index in [0.29, 0.717) is 5.88 Å². The summed E-state index contributed by atoms with van der Waals surface area (Å²) in [6, 6.07) is 0. The van der Waals surface area contributed by atoms with Crippen LogP contribution in [0.4, 0.5) is 4.79 Å². The van der Waals surface area contributed by atoms with Crippen LogP contribution in [0.5, 0.6) is 5.88 Å². The van der Waals surface area contributed by atoms with Gasteiger partial charge in [0.15, 0.2) is 0 Å². The van der Waals surface area contributed by atoms with Gasteiger partial charge in [0, 0.05) is 24.2 Å². The number of hydrogen-bond donors (Lipinski definition) is 0. The Morgan fingerprint density at radius 2 is 2.17 bits per heavy atom. The minimum Gasteiger partial charge on any atom is -0.395 e. The molecule has 0 spiro atoms. The number of ether oxygens (including phenoxy) is 1. The second kappa shape index (κ2) is 3.15. The molecule has 1 rings (SSSR count). The van der Waals surface area contributed by atoms with E-state index in [1.165, 1.54) is 4.68 Å². The summed E-state index contributed by atoms with van der Waals surface area (Å²) in [4.78, 5) is 10.4. The van der Waals surface area contributed by atoms with Crippen molar-refractivity contribution in [3.63, 3.8) is 0 Å². The molecule has 0 fully saturated rings. The van der Waals surface area contributed by atoms with Gasteiger partial charge >= 0.3 is 5.43 Å². The summed E-state index contributed by atoms with van der Waals surface area (Å²) in [6.07, 6.45) is 0. The van der Waals surface area contributed by atoms with Gasteiger partial charge in [-0.25, -0.2) is 9.48 Å². The molecule has 0 bridgehead atoms. The lowest BCUT2D eigenvalue weighted by molar-refractivity contribution is 0.221. The third-order valence-corrected chi connectivity index (χ3v) is 1.71. The quantitative estimate of drug-likeness (QED) is 0.631. The average molecular weight is 189 g/mol. The summed E-state index contributed by atoms with van der Waals surface area (Å²) in [5.74, 6) is 0.396. The fourth-order valence-electron chi connectivity index (χ4n) is 0.961. The highest BCUT2D eigenvalue weighted by atomic mass is 35.5. The van der Waals surface area contributed by atoms with Crippen molar-refractivity contribution in [2.75, 3.05) is 0 Å². The molecule has 0 saturated heterocycles. The maximum Gasteiger partial charge on any atom is 0.410 e. The maximum absolute atomic E-state index is 10.4. The Morgan fingerprint density at radius 1 is 1.58 bits per heavy atom. The molecule has 0 atom stereocenters. The number of nitrogens with zero attached hydrogens (tertiary/aromatic N) is 2. The van der Waals surface area contributed by atoms with Gasteiger partial charge in [0.25, 0.3) is 0 Å². The smallest absolute Gasteiger partial charge is 0.395 e. The van der Waals surface area contributed by atoms with Crippen molar-refractivity contribution in [2.45, 2.75) is 13.8 Å². The van der Waals surface area contributed by atoms with Crippen LogP contribution in [0.15, 0.2) is 0 Å². The second-order valence-corrected chi connectivity index (χ2v) is 2.79. The summed E-state index contributed by atoms with van der Waals surface area (Å²) in [5.41, 5.74) is 0.804. The minimum atomic E-state index is -0.846. The predicted molar refractivity (Wildman–Crippen MR) is 44.6 cm³/mol. The topological polar surface area (TPSA) is 44.1 Å². The zero-order valence-corrected chi connectivity index (χ0v) is 7.84. The first-order valence-electron chi connectivity index (χ1n) is 3.40. The van der Waals surface area contributed by atoms with Gasteiger partial charge in [0.2, 0.25) is 5.88 Å². The van der Waals surface area contributed by atoms with E-state index in [1.807, 2.05) is 13.8 Å². The van der Waals surface area contributed by atoms with Crippen molar-refractivity contribution in [1.82, 2.24) is 9.78 Å². The van der Waals surface area contributed by atoms with Crippen LogP contribution in [-0.4, -0.2) is 15.2 Å². The predicted octanol–water partition coefficient (Wildman–Crippen LogP) is 1.77. The molecule has 0 radical (unpaired) electrons. The van der Waals surface area contributed by atoms with Crippen LogP contribution in [0, 0.1) is 13.8 Å². The minimum absolute atomic E-state index is 0.396. The Balaban J connectivity index is 3.05. The van der Waals surface area contributed by atoms with E-state index in [1.54, 1.807) is 7.05 Å². The van der Waals surface area contributed by atoms with Crippen LogP contribution >= 0.6 is 11.6 Å². The summed E-state index contributed by atoms with van der Waals surface area (Å²) in [5, 5.41) is 4.04. The number of rotatable bonds is 1. The first kappa shape index (κ1) is 9.06. The van der Waals surface area contributed by atoms with E-state index in [0.717, 1.165) is 11.3 Å². The molecule has 0 aliphatic rings. The monoisotopic (exact) mass is 188 g/mol. The molecule has 1 aromatic heterocycles. The lowest BCUT2D eigenvalue weighted by atomic mass is 10.3. The van der Waals surface area contributed by atoms with Gasteiger partial charge in [-0.3, -0.25) is 0 Å². The third-order valence-electron chi connectivity index (χ3n) is 1.63. The van der Waals surface area contributed by atoms with Crippen molar-refractivity contribution >= 4 is 17.0 Å². The van der Waals surface area contributed by atoms with Crippen LogP contribution in [0.3, 0.4) is 0 Å². The van der Waals surface area contributed by atoms with Crippen LogP contribution in [0.2, 0.25) is 0 Å². The first-order chi connectivity index (χ1) is 5.52. The van der Waals surface area contributed by atoms with Crippen molar-refractivity contribution in [1.29, 1.82) is 0 Å². The third kappa shape index (κ3) is 1.58. The van der Waals surface area contributed by atoms with Gasteiger partial charge in [-0.2, -0.15) is 5.10 Å². The molecule has 4 nitrogen and oxygen atoms in total. The van der Waals surface area contributed by atoms with Gasteiger partial charge < -0.3 is 4.74 Å². The van der Waals surface area contributed by atoms with Crippen molar-refractivity contribution in [2.24, 2.45) is 7.05 Å². The van der Waals surface area contributed by atoms with Gasteiger partial charge in [-0.15, -0.1) is 0 Å². The summed E-state index contributed by atoms with van der Waals surface area (Å²) in [7, 11) is 1.69. The number of aryl methyl sites for hydroxylation is 2. The Hall–Kier alpha value is -1.03. The van der Waals surface area contributed by atoms with Crippen LogP contribution in [0.25, 0.3) is 0 Å². The molecule has 0 aliphatic heterocycles. The van der Waals surface area contributed by atoms with E-state index >= 15 is 0 Å². The molecule has 5 heteroatoms. The highest BCUT2D eigenvalue weighted by molar-refractivity contribution is 6.61. The van der Waals surface area contributed by atoms with Crippen LogP contribution in [0.1, 0.15) is 11.3 Å². The first-order valence-corrected chi connectivity index (χ1v) is 3.77. The fourth-order valence-corrected chi connectivity index (χ4v) is 1.03. The van der Waals surface area contributed by atoms with E-state index in [4.69, 9.17) is 16.3 Å². The molecule has 1 aromatic rings. The second-order valence-electron chi connectivity index (χ2n) is 2.48. The standard InChI is InChI=1S/C7H9ClN2O2/c1-4-5(2)9-10(3)6(4)12-7(8)11/h1-3H3. The maximum atomic E-state index is 10.4. The Kier molecular flexibility index (Phi) is 2.38. The van der Waals surface area contributed by atoms with Gasteiger partial charge in [0.05, 0.1) is 5.69 Å². The molecule has 0 unspecified atom stereocenters. The lowest BCUT2D eigenvalue weighted by Gasteiger charge is -1.99. The molecular formula is C7H9ClN2O2. The largest absolute Gasteiger partial charge is 0.410 e. The molecule has 0 aliphatic carbocycles. The zero-order valence-electron chi connectivity index (χ0n) is 7.09. The molecule has 1 heterocycles. The summed E-state index contributed by atoms with van der Waals surface area (Å²) >= 11 is 5.06. The van der Waals surface area contributed by atoms with Gasteiger partial charge in [0.1, 0.15) is 0 Å². The molecule has 0 aromatic carbocycles. The van der Waals surface area contributed by atoms with E-state index in [2.05, 4.69) is 5.10 Å². The molecule has 0 amide bonds. The Bertz CT molecular complexity index is 319. The number of hydrogen-bond acceptors (Lipinski definition) is 3. The number of carbonyl (C=O) groups is 1. The lowest BCUT2D eigenvalue weighted by Crippen LogP contribution is -2.02. The SMILES string of the molecule is Cc1nn(C)c(OC(=O)Cl)c1C. The molecular weight excluding hydrogens is 180 g/mol. The van der Waals surface area contributed by atoms with E-state index < -0.39 is 5.43 Å². The molecule has 12 heavy (non-hydrogen) atoms. The normalized spacial score (nSPS) is 10.0.